The number of pyridine rings is 1. The summed E-state index contributed by atoms with van der Waals surface area (Å²) in [7, 11) is 3.16. The Hall–Kier alpha value is -3.97. The molecule has 2 N–H and O–H groups in total. The number of rotatable bonds is 8. The van der Waals surface area contributed by atoms with Gasteiger partial charge in [-0.2, -0.15) is 0 Å². The van der Waals surface area contributed by atoms with E-state index in [1.807, 2.05) is 42.5 Å². The number of halogens is 1. The molecule has 7 nitrogen and oxygen atoms in total. The summed E-state index contributed by atoms with van der Waals surface area (Å²) in [5.74, 6) is 0.980. The van der Waals surface area contributed by atoms with E-state index in [9.17, 15) is 9.59 Å². The first-order valence-electron chi connectivity index (χ1n) is 10.6. The van der Waals surface area contributed by atoms with Crippen molar-refractivity contribution in [1.82, 2.24) is 4.57 Å². The Morgan fingerprint density at radius 1 is 0.941 bits per heavy atom. The van der Waals surface area contributed by atoms with Crippen LogP contribution < -0.4 is 25.7 Å². The first-order chi connectivity index (χ1) is 16.5. The van der Waals surface area contributed by atoms with Crippen molar-refractivity contribution in [2.24, 2.45) is 0 Å². The van der Waals surface area contributed by atoms with E-state index in [1.165, 1.54) is 4.57 Å². The van der Waals surface area contributed by atoms with E-state index in [0.717, 1.165) is 16.8 Å². The lowest BCUT2D eigenvalue weighted by Crippen LogP contribution is -2.30. The van der Waals surface area contributed by atoms with Gasteiger partial charge >= 0.3 is 0 Å². The molecule has 0 unspecified atom stereocenters. The van der Waals surface area contributed by atoms with Crippen LogP contribution in [-0.2, 0) is 17.9 Å². The number of aromatic nitrogens is 1. The van der Waals surface area contributed by atoms with Gasteiger partial charge in [0.1, 0.15) is 18.0 Å². The molecule has 0 spiro atoms. The topological polar surface area (TPSA) is 81.6 Å². The summed E-state index contributed by atoms with van der Waals surface area (Å²) in [6.45, 7) is 0.114. The summed E-state index contributed by atoms with van der Waals surface area (Å²) >= 11 is 6.17. The van der Waals surface area contributed by atoms with E-state index in [4.69, 9.17) is 21.1 Å². The molecule has 174 valence electrons. The minimum atomic E-state index is -0.361. The fraction of sp³-hybridized carbons (Fsp3) is 0.154. The monoisotopic (exact) mass is 477 g/mol. The van der Waals surface area contributed by atoms with Crippen LogP contribution in [0.1, 0.15) is 5.56 Å². The highest BCUT2D eigenvalue weighted by atomic mass is 35.5. The molecule has 0 saturated heterocycles. The molecule has 0 fully saturated rings. The van der Waals surface area contributed by atoms with Crippen LogP contribution in [0.25, 0.3) is 10.9 Å². The molecular formula is C26H24ClN3O4. The fourth-order valence-electron chi connectivity index (χ4n) is 3.62. The number of nitrogens with one attached hydrogen (secondary N) is 2. The van der Waals surface area contributed by atoms with E-state index in [-0.39, 0.29) is 18.0 Å². The van der Waals surface area contributed by atoms with Gasteiger partial charge in [0.2, 0.25) is 5.91 Å². The molecule has 1 heterocycles. The SMILES string of the molecule is COc1ccc(NCc2cc3ccc(OC)cc3n(CC(=O)Nc3ccccc3Cl)c2=O)cc1. The maximum Gasteiger partial charge on any atom is 0.256 e. The van der Waals surface area contributed by atoms with E-state index >= 15 is 0 Å². The third-order valence-electron chi connectivity index (χ3n) is 5.40. The molecule has 0 aliphatic rings. The van der Waals surface area contributed by atoms with Crippen molar-refractivity contribution in [3.63, 3.8) is 0 Å². The van der Waals surface area contributed by atoms with Crippen LogP contribution in [0.3, 0.4) is 0 Å². The van der Waals surface area contributed by atoms with E-state index < -0.39 is 0 Å². The standard InChI is InChI=1S/C26H24ClN3O4/c1-33-20-11-8-19(9-12-20)28-15-18-13-17-7-10-21(34-2)14-24(17)30(26(18)32)16-25(31)29-23-6-4-3-5-22(23)27/h3-14,28H,15-16H2,1-2H3,(H,29,31). The van der Waals surface area contributed by atoms with Gasteiger partial charge < -0.3 is 20.1 Å². The molecule has 3 aromatic carbocycles. The van der Waals surface area contributed by atoms with Crippen molar-refractivity contribution in [2.75, 3.05) is 24.9 Å². The summed E-state index contributed by atoms with van der Waals surface area (Å²) in [5.41, 5.74) is 2.20. The van der Waals surface area contributed by atoms with Crippen molar-refractivity contribution >= 4 is 39.8 Å². The summed E-state index contributed by atoms with van der Waals surface area (Å²) in [5, 5.41) is 7.27. The van der Waals surface area contributed by atoms with Gasteiger partial charge in [-0.3, -0.25) is 14.2 Å². The number of carbonyl (C=O) groups is 1. The molecule has 1 amide bonds. The summed E-state index contributed by atoms with van der Waals surface area (Å²) < 4.78 is 12.0. The lowest BCUT2D eigenvalue weighted by molar-refractivity contribution is -0.116. The van der Waals surface area contributed by atoms with Gasteiger partial charge in [-0.15, -0.1) is 0 Å². The molecule has 0 radical (unpaired) electrons. The first-order valence-corrected chi connectivity index (χ1v) is 11.0. The zero-order valence-corrected chi connectivity index (χ0v) is 19.6. The molecule has 1 aromatic heterocycles. The van der Waals surface area contributed by atoms with Crippen molar-refractivity contribution < 1.29 is 14.3 Å². The number of anilines is 2. The smallest absolute Gasteiger partial charge is 0.256 e. The highest BCUT2D eigenvalue weighted by Gasteiger charge is 2.14. The molecule has 4 rings (SSSR count). The number of carbonyl (C=O) groups excluding carboxylic acids is 1. The van der Waals surface area contributed by atoms with E-state index in [1.54, 1.807) is 44.6 Å². The van der Waals surface area contributed by atoms with Crippen molar-refractivity contribution in [2.45, 2.75) is 13.1 Å². The lowest BCUT2D eigenvalue weighted by Gasteiger charge is -2.15. The Morgan fingerprint density at radius 2 is 1.65 bits per heavy atom. The minimum Gasteiger partial charge on any atom is -0.497 e. The number of benzene rings is 3. The molecule has 0 bridgehead atoms. The highest BCUT2D eigenvalue weighted by molar-refractivity contribution is 6.33. The predicted octanol–water partition coefficient (Wildman–Crippen LogP) is 4.92. The third-order valence-corrected chi connectivity index (χ3v) is 5.73. The molecule has 8 heteroatoms. The van der Waals surface area contributed by atoms with Crippen LogP contribution in [0.5, 0.6) is 11.5 Å². The maximum absolute atomic E-state index is 13.4. The number of para-hydroxylation sites is 1. The largest absolute Gasteiger partial charge is 0.497 e. The van der Waals surface area contributed by atoms with Crippen LogP contribution in [0.4, 0.5) is 11.4 Å². The second-order valence-electron chi connectivity index (χ2n) is 7.60. The predicted molar refractivity (Wildman–Crippen MR) is 135 cm³/mol. The minimum absolute atomic E-state index is 0.176. The van der Waals surface area contributed by atoms with E-state index in [0.29, 0.717) is 34.1 Å². The molecule has 0 atom stereocenters. The third kappa shape index (κ3) is 5.15. The Kier molecular flexibility index (Phi) is 7.04. The van der Waals surface area contributed by atoms with Gasteiger partial charge in [0.25, 0.3) is 5.56 Å². The molecule has 0 saturated carbocycles. The summed E-state index contributed by atoms with van der Waals surface area (Å²) in [4.78, 5) is 26.3. The molecule has 0 aliphatic heterocycles. The van der Waals surface area contributed by atoms with Crippen molar-refractivity contribution in [3.8, 4) is 11.5 Å². The second-order valence-corrected chi connectivity index (χ2v) is 8.00. The number of ether oxygens (including phenoxy) is 2. The highest BCUT2D eigenvalue weighted by Crippen LogP contribution is 2.23. The normalized spacial score (nSPS) is 10.7. The summed E-state index contributed by atoms with van der Waals surface area (Å²) in [6.07, 6.45) is 0. The van der Waals surface area contributed by atoms with Gasteiger partial charge in [-0.1, -0.05) is 23.7 Å². The lowest BCUT2D eigenvalue weighted by atomic mass is 10.1. The molecule has 34 heavy (non-hydrogen) atoms. The number of methoxy groups -OCH3 is 2. The Balaban J connectivity index is 1.66. The van der Waals surface area contributed by atoms with Crippen LogP contribution >= 0.6 is 11.6 Å². The maximum atomic E-state index is 13.4. The van der Waals surface area contributed by atoms with Crippen LogP contribution in [0.15, 0.2) is 77.6 Å². The van der Waals surface area contributed by atoms with Crippen molar-refractivity contribution in [1.29, 1.82) is 0 Å². The van der Waals surface area contributed by atoms with Gasteiger partial charge in [-0.05, 0) is 60.0 Å². The second kappa shape index (κ2) is 10.3. The zero-order chi connectivity index (χ0) is 24.1. The molecule has 4 aromatic rings. The average Bonchev–Trinajstić information content (AvgIpc) is 2.86. The van der Waals surface area contributed by atoms with Crippen LogP contribution in [-0.4, -0.2) is 24.7 Å². The van der Waals surface area contributed by atoms with Crippen molar-refractivity contribution in [3.05, 3.63) is 93.7 Å². The number of amides is 1. The average molecular weight is 478 g/mol. The number of hydrogen-bond donors (Lipinski definition) is 2. The van der Waals surface area contributed by atoms with Crippen LogP contribution in [0, 0.1) is 0 Å². The fourth-order valence-corrected chi connectivity index (χ4v) is 3.81. The summed E-state index contributed by atoms with van der Waals surface area (Å²) in [6, 6.07) is 21.7. The number of hydrogen-bond acceptors (Lipinski definition) is 5. The molecular weight excluding hydrogens is 454 g/mol. The Labute approximate surface area is 201 Å². The zero-order valence-electron chi connectivity index (χ0n) is 18.8. The van der Waals surface area contributed by atoms with Crippen LogP contribution in [0.2, 0.25) is 5.02 Å². The number of fused-ring (bicyclic) bond motifs is 1. The Morgan fingerprint density at radius 3 is 2.35 bits per heavy atom. The van der Waals surface area contributed by atoms with Gasteiger partial charge in [0.05, 0.1) is 30.4 Å². The number of nitrogens with zero attached hydrogens (tertiary/aromatic N) is 1. The van der Waals surface area contributed by atoms with Gasteiger partial charge in [-0.25, -0.2) is 0 Å². The Bertz CT molecular complexity index is 1380. The quantitative estimate of drug-likeness (QED) is 0.376. The van der Waals surface area contributed by atoms with Gasteiger partial charge in [0.15, 0.2) is 0 Å². The molecule has 0 aliphatic carbocycles. The van der Waals surface area contributed by atoms with E-state index in [2.05, 4.69) is 10.6 Å². The first kappa shape index (κ1) is 23.2. The van der Waals surface area contributed by atoms with Gasteiger partial charge in [0, 0.05) is 23.9 Å².